The fourth-order valence-electron chi connectivity index (χ4n) is 1.33. The molecule has 0 fully saturated rings. The number of aliphatic hydroxyl groups excluding tert-OH is 2. The van der Waals surface area contributed by atoms with E-state index in [2.05, 4.69) is 0 Å². The summed E-state index contributed by atoms with van der Waals surface area (Å²) in [6.45, 7) is 3.60. The van der Waals surface area contributed by atoms with E-state index in [1.54, 1.807) is 0 Å². The fraction of sp³-hybridized carbons (Fsp3) is 0.455. The molecule has 0 aliphatic heterocycles. The summed E-state index contributed by atoms with van der Waals surface area (Å²) < 4.78 is 5.37. The summed E-state index contributed by atoms with van der Waals surface area (Å²) in [5, 5.41) is 17.7. The third-order valence-electron chi connectivity index (χ3n) is 1.91. The van der Waals surface area contributed by atoms with Crippen LogP contribution in [-0.4, -0.2) is 29.5 Å². The molecule has 0 amide bonds. The van der Waals surface area contributed by atoms with Crippen molar-refractivity contribution in [2.24, 2.45) is 0 Å². The summed E-state index contributed by atoms with van der Waals surface area (Å²) in [6, 6.07) is 5.80. The second-order valence-corrected chi connectivity index (χ2v) is 3.43. The molecule has 0 saturated heterocycles. The molecule has 78 valence electrons. The van der Waals surface area contributed by atoms with Gasteiger partial charge in [0.1, 0.15) is 11.9 Å². The molecule has 0 spiro atoms. The molecule has 2 N–H and O–H groups in total. The molecule has 14 heavy (non-hydrogen) atoms. The summed E-state index contributed by atoms with van der Waals surface area (Å²) in [6.07, 6.45) is -0.531. The van der Waals surface area contributed by atoms with Gasteiger partial charge in [0, 0.05) is 0 Å². The zero-order valence-corrected chi connectivity index (χ0v) is 8.53. The van der Waals surface area contributed by atoms with Crippen LogP contribution in [0.3, 0.4) is 0 Å². The number of hydrogen-bond acceptors (Lipinski definition) is 3. The number of ether oxygens (including phenoxy) is 1. The first kappa shape index (κ1) is 11.0. The van der Waals surface area contributed by atoms with Gasteiger partial charge in [-0.1, -0.05) is 6.07 Å². The summed E-state index contributed by atoms with van der Waals surface area (Å²) in [5.74, 6) is 0.690. The molecule has 0 radical (unpaired) electrons. The van der Waals surface area contributed by atoms with Crippen molar-refractivity contribution in [3.8, 4) is 5.75 Å². The Bertz CT molecular complexity index is 272. The topological polar surface area (TPSA) is 49.7 Å². The maximum absolute atomic E-state index is 8.84. The van der Waals surface area contributed by atoms with E-state index < -0.39 is 6.10 Å². The highest BCUT2D eigenvalue weighted by Gasteiger charge is 2.07. The first-order valence-corrected chi connectivity index (χ1v) is 4.62. The van der Waals surface area contributed by atoms with Crippen molar-refractivity contribution in [1.29, 1.82) is 0 Å². The van der Waals surface area contributed by atoms with Crippen molar-refractivity contribution in [3.05, 3.63) is 29.3 Å². The number of hydrogen-bond donors (Lipinski definition) is 2. The molecule has 3 heteroatoms. The van der Waals surface area contributed by atoms with Crippen LogP contribution in [0.5, 0.6) is 5.75 Å². The largest absolute Gasteiger partial charge is 0.486 e. The second kappa shape index (κ2) is 4.98. The van der Waals surface area contributed by atoms with E-state index in [0.717, 1.165) is 11.1 Å². The molecule has 0 atom stereocenters. The number of rotatable bonds is 4. The second-order valence-electron chi connectivity index (χ2n) is 3.43. The molecule has 0 heterocycles. The lowest BCUT2D eigenvalue weighted by molar-refractivity contribution is 0.0629. The molecule has 1 aromatic carbocycles. The zero-order valence-electron chi connectivity index (χ0n) is 8.53. The monoisotopic (exact) mass is 196 g/mol. The molecular formula is C11H16O3. The Balaban J connectivity index is 2.75. The van der Waals surface area contributed by atoms with Gasteiger partial charge in [0.2, 0.25) is 0 Å². The van der Waals surface area contributed by atoms with Crippen LogP contribution in [-0.2, 0) is 0 Å². The normalized spacial score (nSPS) is 10.6. The fourth-order valence-corrected chi connectivity index (χ4v) is 1.33. The van der Waals surface area contributed by atoms with Gasteiger partial charge in [-0.25, -0.2) is 0 Å². The molecular weight excluding hydrogens is 180 g/mol. The standard InChI is InChI=1S/C11H16O3/c1-8-3-9(2)5-10(4-8)14-11(6-12)7-13/h3-5,11-13H,6-7H2,1-2H3. The van der Waals surface area contributed by atoms with Crippen molar-refractivity contribution in [2.45, 2.75) is 20.0 Å². The Morgan fingerprint density at radius 2 is 1.57 bits per heavy atom. The maximum atomic E-state index is 8.84. The van der Waals surface area contributed by atoms with Crippen molar-refractivity contribution in [1.82, 2.24) is 0 Å². The summed E-state index contributed by atoms with van der Waals surface area (Å²) in [4.78, 5) is 0. The molecule has 0 aliphatic rings. The molecule has 0 bridgehead atoms. The molecule has 1 aromatic rings. The molecule has 1 rings (SSSR count). The molecule has 0 aromatic heterocycles. The average Bonchev–Trinajstić information content (AvgIpc) is 2.12. The van der Waals surface area contributed by atoms with E-state index in [0.29, 0.717) is 5.75 Å². The number of benzene rings is 1. The van der Waals surface area contributed by atoms with E-state index in [9.17, 15) is 0 Å². The minimum atomic E-state index is -0.531. The van der Waals surface area contributed by atoms with Gasteiger partial charge in [0.15, 0.2) is 0 Å². The van der Waals surface area contributed by atoms with Crippen molar-refractivity contribution in [2.75, 3.05) is 13.2 Å². The van der Waals surface area contributed by atoms with Crippen molar-refractivity contribution >= 4 is 0 Å². The lowest BCUT2D eigenvalue weighted by Gasteiger charge is -2.15. The van der Waals surface area contributed by atoms with Gasteiger partial charge in [0.05, 0.1) is 13.2 Å². The highest BCUT2D eigenvalue weighted by Crippen LogP contribution is 2.17. The van der Waals surface area contributed by atoms with Crippen LogP contribution < -0.4 is 4.74 Å². The van der Waals surface area contributed by atoms with Crippen LogP contribution in [0.25, 0.3) is 0 Å². The minimum absolute atomic E-state index is 0.177. The Morgan fingerprint density at radius 3 is 2.00 bits per heavy atom. The predicted octanol–water partition coefficient (Wildman–Crippen LogP) is 1.04. The molecule has 0 saturated carbocycles. The lowest BCUT2D eigenvalue weighted by Crippen LogP contribution is -2.25. The highest BCUT2D eigenvalue weighted by molar-refractivity contribution is 5.33. The van der Waals surface area contributed by atoms with E-state index in [1.165, 1.54) is 0 Å². The molecule has 3 nitrogen and oxygen atoms in total. The highest BCUT2D eigenvalue weighted by atomic mass is 16.5. The molecule has 0 unspecified atom stereocenters. The lowest BCUT2D eigenvalue weighted by atomic mass is 10.1. The smallest absolute Gasteiger partial charge is 0.145 e. The van der Waals surface area contributed by atoms with Gasteiger partial charge < -0.3 is 14.9 Å². The number of aliphatic hydroxyl groups is 2. The van der Waals surface area contributed by atoms with Crippen LogP contribution in [0.15, 0.2) is 18.2 Å². The van der Waals surface area contributed by atoms with Crippen molar-refractivity contribution < 1.29 is 14.9 Å². The summed E-state index contributed by atoms with van der Waals surface area (Å²) in [5.41, 5.74) is 2.21. The molecule has 0 aliphatic carbocycles. The van der Waals surface area contributed by atoms with Crippen molar-refractivity contribution in [3.63, 3.8) is 0 Å². The first-order valence-electron chi connectivity index (χ1n) is 4.62. The summed E-state index contributed by atoms with van der Waals surface area (Å²) in [7, 11) is 0. The van der Waals surface area contributed by atoms with E-state index in [4.69, 9.17) is 14.9 Å². The van der Waals surface area contributed by atoms with Gasteiger partial charge in [-0.3, -0.25) is 0 Å². The summed E-state index contributed by atoms with van der Waals surface area (Å²) >= 11 is 0. The Labute approximate surface area is 84.0 Å². The Morgan fingerprint density at radius 1 is 1.07 bits per heavy atom. The van der Waals surface area contributed by atoms with Crippen LogP contribution in [0.1, 0.15) is 11.1 Å². The van der Waals surface area contributed by atoms with Gasteiger partial charge in [0.25, 0.3) is 0 Å². The Kier molecular flexibility index (Phi) is 3.92. The predicted molar refractivity (Wildman–Crippen MR) is 54.5 cm³/mol. The SMILES string of the molecule is Cc1cc(C)cc(OC(CO)CO)c1. The van der Waals surface area contributed by atoms with E-state index in [1.807, 2.05) is 32.0 Å². The zero-order chi connectivity index (χ0) is 10.6. The van der Waals surface area contributed by atoms with Gasteiger partial charge >= 0.3 is 0 Å². The third kappa shape index (κ3) is 3.01. The third-order valence-corrected chi connectivity index (χ3v) is 1.91. The van der Waals surface area contributed by atoms with Gasteiger partial charge in [-0.05, 0) is 37.1 Å². The van der Waals surface area contributed by atoms with Crippen LogP contribution in [0, 0.1) is 13.8 Å². The first-order chi connectivity index (χ1) is 6.65. The van der Waals surface area contributed by atoms with Crippen LogP contribution >= 0.6 is 0 Å². The Hall–Kier alpha value is -1.06. The van der Waals surface area contributed by atoms with E-state index >= 15 is 0 Å². The average molecular weight is 196 g/mol. The van der Waals surface area contributed by atoms with E-state index in [-0.39, 0.29) is 13.2 Å². The van der Waals surface area contributed by atoms with Gasteiger partial charge in [-0.2, -0.15) is 0 Å². The quantitative estimate of drug-likeness (QED) is 0.756. The van der Waals surface area contributed by atoms with Gasteiger partial charge in [-0.15, -0.1) is 0 Å². The van der Waals surface area contributed by atoms with Crippen LogP contribution in [0.2, 0.25) is 0 Å². The van der Waals surface area contributed by atoms with Crippen LogP contribution in [0.4, 0.5) is 0 Å². The minimum Gasteiger partial charge on any atom is -0.486 e. The number of aryl methyl sites for hydroxylation is 2. The maximum Gasteiger partial charge on any atom is 0.145 e.